The van der Waals surface area contributed by atoms with E-state index in [0.29, 0.717) is 12.5 Å². The Morgan fingerprint density at radius 2 is 1.89 bits per heavy atom. The number of primary amides is 1. The fourth-order valence-corrected chi connectivity index (χ4v) is 2.78. The van der Waals surface area contributed by atoms with Gasteiger partial charge in [0, 0.05) is 12.6 Å². The number of nitrogens with two attached hydrogens (primary N) is 1. The van der Waals surface area contributed by atoms with E-state index in [9.17, 15) is 4.79 Å². The molecule has 0 heterocycles. The van der Waals surface area contributed by atoms with Gasteiger partial charge in [0.15, 0.2) is 0 Å². The highest BCUT2D eigenvalue weighted by Crippen LogP contribution is 2.23. The van der Waals surface area contributed by atoms with Crippen LogP contribution in [0.25, 0.3) is 0 Å². The van der Waals surface area contributed by atoms with Crippen molar-refractivity contribution in [3.63, 3.8) is 0 Å². The highest BCUT2D eigenvalue weighted by molar-refractivity contribution is 5.84. The van der Waals surface area contributed by atoms with Crippen LogP contribution in [-0.4, -0.2) is 30.7 Å². The molecule has 1 atom stereocenters. The van der Waals surface area contributed by atoms with E-state index in [1.54, 1.807) is 0 Å². The zero-order chi connectivity index (χ0) is 14.3. The zero-order valence-corrected chi connectivity index (χ0v) is 12.7. The molecule has 1 aliphatic carbocycles. The minimum absolute atomic E-state index is 0.207. The van der Waals surface area contributed by atoms with Crippen molar-refractivity contribution in [2.45, 2.75) is 70.9 Å². The van der Waals surface area contributed by atoms with Crippen LogP contribution in [0.1, 0.15) is 59.3 Å². The maximum atomic E-state index is 11.6. The SMILES string of the molecule is CC(C)NC(C)(COCC1CCCCCC1)C(N)=O. The van der Waals surface area contributed by atoms with Crippen molar-refractivity contribution in [2.24, 2.45) is 11.7 Å². The van der Waals surface area contributed by atoms with Crippen LogP contribution in [0.5, 0.6) is 0 Å². The number of carbonyl (C=O) groups excluding carboxylic acids is 1. The normalized spacial score (nSPS) is 21.1. The summed E-state index contributed by atoms with van der Waals surface area (Å²) in [7, 11) is 0. The number of rotatable bonds is 7. The number of hydrogen-bond donors (Lipinski definition) is 2. The fraction of sp³-hybridized carbons (Fsp3) is 0.933. The van der Waals surface area contributed by atoms with Gasteiger partial charge in [0.2, 0.25) is 5.91 Å². The van der Waals surface area contributed by atoms with Crippen LogP contribution in [0.3, 0.4) is 0 Å². The first kappa shape index (κ1) is 16.4. The Hall–Kier alpha value is -0.610. The van der Waals surface area contributed by atoms with Crippen molar-refractivity contribution >= 4 is 5.91 Å². The van der Waals surface area contributed by atoms with Gasteiger partial charge < -0.3 is 10.5 Å². The Bertz CT molecular complexity index is 273. The fourth-order valence-electron chi connectivity index (χ4n) is 2.78. The predicted octanol–water partition coefficient (Wildman–Crippen LogP) is 2.22. The molecule has 0 aromatic heterocycles. The first-order chi connectivity index (χ1) is 8.94. The van der Waals surface area contributed by atoms with Gasteiger partial charge in [-0.25, -0.2) is 0 Å². The monoisotopic (exact) mass is 270 g/mol. The Balaban J connectivity index is 2.37. The van der Waals surface area contributed by atoms with Gasteiger partial charge in [0.1, 0.15) is 5.54 Å². The van der Waals surface area contributed by atoms with Gasteiger partial charge in [-0.2, -0.15) is 0 Å². The lowest BCUT2D eigenvalue weighted by Gasteiger charge is -2.30. The van der Waals surface area contributed by atoms with E-state index in [2.05, 4.69) is 5.32 Å². The maximum absolute atomic E-state index is 11.6. The molecule has 0 aromatic rings. The van der Waals surface area contributed by atoms with Crippen LogP contribution in [0.2, 0.25) is 0 Å². The number of nitrogens with one attached hydrogen (secondary N) is 1. The van der Waals surface area contributed by atoms with Crippen LogP contribution >= 0.6 is 0 Å². The minimum Gasteiger partial charge on any atom is -0.379 e. The summed E-state index contributed by atoms with van der Waals surface area (Å²) < 4.78 is 5.79. The van der Waals surface area contributed by atoms with Crippen LogP contribution in [0, 0.1) is 5.92 Å². The molecule has 4 nitrogen and oxygen atoms in total. The second-order valence-corrected chi connectivity index (χ2v) is 6.37. The lowest BCUT2D eigenvalue weighted by Crippen LogP contribution is -2.58. The van der Waals surface area contributed by atoms with Gasteiger partial charge in [-0.1, -0.05) is 25.7 Å². The summed E-state index contributed by atoms with van der Waals surface area (Å²) in [4.78, 5) is 11.6. The van der Waals surface area contributed by atoms with Gasteiger partial charge in [0.25, 0.3) is 0 Å². The number of hydrogen-bond acceptors (Lipinski definition) is 3. The van der Waals surface area contributed by atoms with Crippen molar-refractivity contribution in [3.05, 3.63) is 0 Å². The molecular formula is C15H30N2O2. The predicted molar refractivity (Wildman–Crippen MR) is 77.9 cm³/mol. The molecule has 1 rings (SSSR count). The van der Waals surface area contributed by atoms with E-state index < -0.39 is 5.54 Å². The third-order valence-electron chi connectivity index (χ3n) is 3.87. The molecule has 1 saturated carbocycles. The van der Waals surface area contributed by atoms with Gasteiger partial charge in [-0.3, -0.25) is 10.1 Å². The van der Waals surface area contributed by atoms with Crippen LogP contribution in [0.15, 0.2) is 0 Å². The Morgan fingerprint density at radius 1 is 1.32 bits per heavy atom. The summed E-state index contributed by atoms with van der Waals surface area (Å²) in [6.45, 7) is 6.95. The third-order valence-corrected chi connectivity index (χ3v) is 3.87. The minimum atomic E-state index is -0.765. The second-order valence-electron chi connectivity index (χ2n) is 6.37. The molecule has 19 heavy (non-hydrogen) atoms. The molecule has 0 aromatic carbocycles. The molecule has 0 spiro atoms. The lowest BCUT2D eigenvalue weighted by atomic mass is 10.00. The second kappa shape index (κ2) is 7.85. The van der Waals surface area contributed by atoms with Gasteiger partial charge in [0.05, 0.1) is 6.61 Å². The zero-order valence-electron chi connectivity index (χ0n) is 12.7. The lowest BCUT2D eigenvalue weighted by molar-refractivity contribution is -0.127. The van der Waals surface area contributed by atoms with Gasteiger partial charge in [-0.15, -0.1) is 0 Å². The molecule has 1 unspecified atom stereocenters. The molecule has 3 N–H and O–H groups in total. The number of carbonyl (C=O) groups is 1. The summed E-state index contributed by atoms with van der Waals surface area (Å²) in [5.74, 6) is 0.306. The highest BCUT2D eigenvalue weighted by Gasteiger charge is 2.32. The molecule has 0 aliphatic heterocycles. The summed E-state index contributed by atoms with van der Waals surface area (Å²) >= 11 is 0. The molecule has 112 valence electrons. The third kappa shape index (κ3) is 5.91. The molecule has 1 amide bonds. The Labute approximate surface area is 117 Å². The molecule has 1 aliphatic rings. The van der Waals surface area contributed by atoms with Crippen LogP contribution in [0.4, 0.5) is 0 Å². The number of ether oxygens (including phenoxy) is 1. The van der Waals surface area contributed by atoms with E-state index in [4.69, 9.17) is 10.5 Å². The van der Waals surface area contributed by atoms with E-state index in [1.165, 1.54) is 38.5 Å². The molecule has 0 radical (unpaired) electrons. The van der Waals surface area contributed by atoms with Gasteiger partial charge in [-0.05, 0) is 39.5 Å². The van der Waals surface area contributed by atoms with Gasteiger partial charge >= 0.3 is 0 Å². The average Bonchev–Trinajstić information content (AvgIpc) is 2.56. The smallest absolute Gasteiger partial charge is 0.239 e. The summed E-state index contributed by atoms with van der Waals surface area (Å²) in [5.41, 5.74) is 4.72. The topological polar surface area (TPSA) is 64.3 Å². The highest BCUT2D eigenvalue weighted by atomic mass is 16.5. The largest absolute Gasteiger partial charge is 0.379 e. The van der Waals surface area contributed by atoms with E-state index in [-0.39, 0.29) is 11.9 Å². The quantitative estimate of drug-likeness (QED) is 0.697. The maximum Gasteiger partial charge on any atom is 0.239 e. The van der Waals surface area contributed by atoms with Crippen LogP contribution < -0.4 is 11.1 Å². The molecule has 4 heteroatoms. The summed E-state index contributed by atoms with van der Waals surface area (Å²) in [5, 5.41) is 3.21. The Kier molecular flexibility index (Phi) is 6.80. The number of amides is 1. The van der Waals surface area contributed by atoms with E-state index in [1.807, 2.05) is 20.8 Å². The van der Waals surface area contributed by atoms with E-state index in [0.717, 1.165) is 6.61 Å². The molecular weight excluding hydrogens is 240 g/mol. The summed E-state index contributed by atoms with van der Waals surface area (Å²) in [6, 6.07) is 0.207. The standard InChI is InChI=1S/C15H30N2O2/c1-12(2)17-15(3,14(16)18)11-19-10-13-8-6-4-5-7-9-13/h12-13,17H,4-11H2,1-3H3,(H2,16,18). The van der Waals surface area contributed by atoms with E-state index >= 15 is 0 Å². The molecule has 0 saturated heterocycles. The van der Waals surface area contributed by atoms with Crippen LogP contribution in [-0.2, 0) is 9.53 Å². The first-order valence-corrected chi connectivity index (χ1v) is 7.59. The average molecular weight is 270 g/mol. The Morgan fingerprint density at radius 3 is 2.37 bits per heavy atom. The first-order valence-electron chi connectivity index (χ1n) is 7.59. The van der Waals surface area contributed by atoms with Crippen molar-refractivity contribution in [1.82, 2.24) is 5.32 Å². The summed E-state index contributed by atoms with van der Waals surface area (Å²) in [6.07, 6.45) is 7.83. The van der Waals surface area contributed by atoms with Crippen molar-refractivity contribution < 1.29 is 9.53 Å². The van der Waals surface area contributed by atoms with Crippen molar-refractivity contribution in [3.8, 4) is 0 Å². The molecule has 0 bridgehead atoms. The van der Waals surface area contributed by atoms with Crippen molar-refractivity contribution in [2.75, 3.05) is 13.2 Å². The van der Waals surface area contributed by atoms with Crippen molar-refractivity contribution in [1.29, 1.82) is 0 Å². The molecule has 1 fully saturated rings.